The Labute approximate surface area is 121 Å². The van der Waals surface area contributed by atoms with Gasteiger partial charge in [0.25, 0.3) is 5.91 Å². The topological polar surface area (TPSA) is 63.2 Å². The summed E-state index contributed by atoms with van der Waals surface area (Å²) >= 11 is 0. The summed E-state index contributed by atoms with van der Waals surface area (Å²) in [6, 6.07) is 3.62. The third kappa shape index (κ3) is 5.17. The molecule has 5 heteroatoms. The molecule has 1 rings (SSSR count). The van der Waals surface area contributed by atoms with Crippen LogP contribution in [0.25, 0.3) is 0 Å². The number of pyridine rings is 1. The Balaban J connectivity index is 2.70. The van der Waals surface area contributed by atoms with Gasteiger partial charge in [0, 0.05) is 25.5 Å². The molecule has 0 radical (unpaired) electrons. The summed E-state index contributed by atoms with van der Waals surface area (Å²) in [6.07, 6.45) is 2.68. The molecule has 2 N–H and O–H groups in total. The molecule has 0 bridgehead atoms. The number of methoxy groups -OCH3 is 1. The van der Waals surface area contributed by atoms with Gasteiger partial charge in [-0.05, 0) is 24.5 Å². The molecule has 1 aromatic heterocycles. The Morgan fingerprint density at radius 1 is 1.45 bits per heavy atom. The lowest BCUT2D eigenvalue weighted by atomic mass is 10.1. The van der Waals surface area contributed by atoms with Crippen LogP contribution in [0, 0.1) is 5.92 Å². The Bertz CT molecular complexity index is 421. The lowest BCUT2D eigenvalue weighted by Gasteiger charge is -2.21. The zero-order valence-electron chi connectivity index (χ0n) is 12.8. The summed E-state index contributed by atoms with van der Waals surface area (Å²) in [4.78, 5) is 16.3. The number of hydrogen-bond donors (Lipinski definition) is 2. The van der Waals surface area contributed by atoms with E-state index in [1.54, 1.807) is 19.4 Å². The standard InChI is InChI=1S/C15H25N3O2/c1-5-7-16-12-6-8-17-13(9-12)15(19)18-14(10-20-4)11(2)3/h6,8-9,11,14H,5,7,10H2,1-4H3,(H,16,17)(H,18,19). The molecule has 1 aromatic rings. The Morgan fingerprint density at radius 3 is 2.80 bits per heavy atom. The molecule has 0 aromatic carbocycles. The summed E-state index contributed by atoms with van der Waals surface area (Å²) in [5.74, 6) is 0.140. The van der Waals surface area contributed by atoms with Crippen molar-refractivity contribution in [1.29, 1.82) is 0 Å². The summed E-state index contributed by atoms with van der Waals surface area (Å²) < 4.78 is 5.13. The number of nitrogens with one attached hydrogen (secondary N) is 2. The zero-order valence-corrected chi connectivity index (χ0v) is 12.8. The number of carbonyl (C=O) groups is 1. The molecular weight excluding hydrogens is 254 g/mol. The van der Waals surface area contributed by atoms with Gasteiger partial charge in [0.1, 0.15) is 5.69 Å². The van der Waals surface area contributed by atoms with Crippen LogP contribution in [0.1, 0.15) is 37.7 Å². The summed E-state index contributed by atoms with van der Waals surface area (Å²) in [5, 5.41) is 6.21. The number of ether oxygens (including phenoxy) is 1. The number of amides is 1. The van der Waals surface area contributed by atoms with E-state index >= 15 is 0 Å². The number of nitrogens with zero attached hydrogens (tertiary/aromatic N) is 1. The number of rotatable bonds is 8. The number of anilines is 1. The molecule has 112 valence electrons. The number of hydrogen-bond acceptors (Lipinski definition) is 4. The smallest absolute Gasteiger partial charge is 0.270 e. The van der Waals surface area contributed by atoms with Crippen molar-refractivity contribution in [2.75, 3.05) is 25.6 Å². The first-order valence-electron chi connectivity index (χ1n) is 7.08. The highest BCUT2D eigenvalue weighted by atomic mass is 16.5. The summed E-state index contributed by atoms with van der Waals surface area (Å²) in [7, 11) is 1.63. The molecule has 0 saturated heterocycles. The van der Waals surface area contributed by atoms with E-state index in [0.29, 0.717) is 18.2 Å². The molecule has 0 spiro atoms. The van der Waals surface area contributed by atoms with Crippen LogP contribution in [-0.2, 0) is 4.74 Å². The molecule has 1 atom stereocenters. The average molecular weight is 279 g/mol. The van der Waals surface area contributed by atoms with Crippen molar-refractivity contribution < 1.29 is 9.53 Å². The quantitative estimate of drug-likeness (QED) is 0.766. The fourth-order valence-electron chi connectivity index (χ4n) is 1.76. The monoisotopic (exact) mass is 279 g/mol. The fourth-order valence-corrected chi connectivity index (χ4v) is 1.76. The Hall–Kier alpha value is -1.62. The minimum absolute atomic E-state index is 0.0124. The molecule has 5 nitrogen and oxygen atoms in total. The Morgan fingerprint density at radius 2 is 2.20 bits per heavy atom. The van der Waals surface area contributed by atoms with Gasteiger partial charge in [0.2, 0.25) is 0 Å². The average Bonchev–Trinajstić information content (AvgIpc) is 2.44. The third-order valence-corrected chi connectivity index (χ3v) is 3.04. The van der Waals surface area contributed by atoms with Crippen LogP contribution in [0.3, 0.4) is 0 Å². The van der Waals surface area contributed by atoms with E-state index in [0.717, 1.165) is 18.7 Å². The van der Waals surface area contributed by atoms with Crippen LogP contribution in [0.15, 0.2) is 18.3 Å². The van der Waals surface area contributed by atoms with Crippen molar-refractivity contribution in [3.05, 3.63) is 24.0 Å². The van der Waals surface area contributed by atoms with Crippen LogP contribution in [0.4, 0.5) is 5.69 Å². The number of carbonyl (C=O) groups excluding carboxylic acids is 1. The largest absolute Gasteiger partial charge is 0.385 e. The van der Waals surface area contributed by atoms with Gasteiger partial charge >= 0.3 is 0 Å². The minimum Gasteiger partial charge on any atom is -0.385 e. The van der Waals surface area contributed by atoms with Gasteiger partial charge in [0.15, 0.2) is 0 Å². The number of aromatic nitrogens is 1. The Kier molecular flexibility index (Phi) is 7.01. The first-order valence-corrected chi connectivity index (χ1v) is 7.08. The van der Waals surface area contributed by atoms with Crippen molar-refractivity contribution in [3.63, 3.8) is 0 Å². The fraction of sp³-hybridized carbons (Fsp3) is 0.600. The van der Waals surface area contributed by atoms with Gasteiger partial charge in [-0.2, -0.15) is 0 Å². The van der Waals surface area contributed by atoms with Gasteiger partial charge in [-0.1, -0.05) is 20.8 Å². The third-order valence-electron chi connectivity index (χ3n) is 3.04. The van der Waals surface area contributed by atoms with E-state index in [1.807, 2.05) is 6.07 Å². The van der Waals surface area contributed by atoms with Crippen LogP contribution in [0.5, 0.6) is 0 Å². The van der Waals surface area contributed by atoms with Gasteiger partial charge < -0.3 is 15.4 Å². The normalized spacial score (nSPS) is 12.2. The first-order chi connectivity index (χ1) is 9.58. The van der Waals surface area contributed by atoms with Crippen molar-refractivity contribution in [1.82, 2.24) is 10.3 Å². The molecule has 0 fully saturated rings. The molecule has 1 heterocycles. The van der Waals surface area contributed by atoms with Gasteiger partial charge in [-0.25, -0.2) is 0 Å². The van der Waals surface area contributed by atoms with Crippen molar-refractivity contribution in [3.8, 4) is 0 Å². The van der Waals surface area contributed by atoms with Crippen LogP contribution >= 0.6 is 0 Å². The molecular formula is C15H25N3O2. The molecule has 1 unspecified atom stereocenters. The SMILES string of the molecule is CCCNc1ccnc(C(=O)NC(COC)C(C)C)c1. The highest BCUT2D eigenvalue weighted by Crippen LogP contribution is 2.09. The summed E-state index contributed by atoms with van der Waals surface area (Å²) in [5.41, 5.74) is 1.34. The second kappa shape index (κ2) is 8.53. The van der Waals surface area contributed by atoms with E-state index in [1.165, 1.54) is 0 Å². The first kappa shape index (κ1) is 16.4. The molecule has 0 aliphatic carbocycles. The predicted octanol–water partition coefficient (Wildman–Crippen LogP) is 2.30. The maximum absolute atomic E-state index is 12.2. The lowest BCUT2D eigenvalue weighted by Crippen LogP contribution is -2.41. The molecule has 20 heavy (non-hydrogen) atoms. The highest BCUT2D eigenvalue weighted by Gasteiger charge is 2.17. The van der Waals surface area contributed by atoms with Crippen molar-refractivity contribution in [2.24, 2.45) is 5.92 Å². The maximum atomic E-state index is 12.2. The van der Waals surface area contributed by atoms with Crippen molar-refractivity contribution in [2.45, 2.75) is 33.2 Å². The van der Waals surface area contributed by atoms with Crippen LogP contribution in [-0.4, -0.2) is 37.2 Å². The maximum Gasteiger partial charge on any atom is 0.270 e. The van der Waals surface area contributed by atoms with Gasteiger partial charge in [0.05, 0.1) is 12.6 Å². The lowest BCUT2D eigenvalue weighted by molar-refractivity contribution is 0.0862. The molecule has 0 saturated carbocycles. The molecule has 0 aliphatic rings. The van der Waals surface area contributed by atoms with Gasteiger partial charge in [-0.15, -0.1) is 0 Å². The highest BCUT2D eigenvalue weighted by molar-refractivity contribution is 5.93. The zero-order chi connectivity index (χ0) is 15.0. The predicted molar refractivity (Wildman–Crippen MR) is 81.0 cm³/mol. The van der Waals surface area contributed by atoms with Gasteiger partial charge in [-0.3, -0.25) is 9.78 Å². The second-order valence-electron chi connectivity index (χ2n) is 5.14. The second-order valence-corrected chi connectivity index (χ2v) is 5.14. The van der Waals surface area contributed by atoms with Crippen LogP contribution < -0.4 is 10.6 Å². The minimum atomic E-state index is -0.166. The van der Waals surface area contributed by atoms with E-state index in [-0.39, 0.29) is 11.9 Å². The van der Waals surface area contributed by atoms with E-state index in [2.05, 4.69) is 36.4 Å². The molecule has 1 amide bonds. The van der Waals surface area contributed by atoms with E-state index in [4.69, 9.17) is 4.74 Å². The molecule has 0 aliphatic heterocycles. The van der Waals surface area contributed by atoms with E-state index in [9.17, 15) is 4.79 Å². The van der Waals surface area contributed by atoms with E-state index < -0.39 is 0 Å². The van der Waals surface area contributed by atoms with Crippen molar-refractivity contribution >= 4 is 11.6 Å². The summed E-state index contributed by atoms with van der Waals surface area (Å²) in [6.45, 7) is 7.58. The van der Waals surface area contributed by atoms with Crippen LogP contribution in [0.2, 0.25) is 0 Å².